The Bertz CT molecular complexity index is 542. The number of carbonyl (C=O) groups excluding carboxylic acids is 2. The second kappa shape index (κ2) is 9.59. The minimum Gasteiger partial charge on any atom is -0.341 e. The van der Waals surface area contributed by atoms with Gasteiger partial charge in [0.25, 0.3) is 0 Å². The van der Waals surface area contributed by atoms with E-state index in [1.165, 1.54) is 0 Å². The van der Waals surface area contributed by atoms with Gasteiger partial charge >= 0.3 is 0 Å². The van der Waals surface area contributed by atoms with E-state index in [0.29, 0.717) is 38.2 Å². The summed E-state index contributed by atoms with van der Waals surface area (Å²) in [5.41, 5.74) is 6.94. The molecule has 2 heterocycles. The van der Waals surface area contributed by atoms with Crippen LogP contribution in [-0.2, 0) is 9.59 Å². The number of amides is 2. The molecule has 1 aromatic rings. The lowest BCUT2D eigenvalue weighted by atomic mass is 9.95. The number of nitrogens with two attached hydrogens (primary N) is 1. The van der Waals surface area contributed by atoms with Gasteiger partial charge in [-0.25, -0.2) is 4.98 Å². The molecule has 2 amide bonds. The maximum atomic E-state index is 12.3. The second-order valence-electron chi connectivity index (χ2n) is 6.20. The Morgan fingerprint density at radius 2 is 2.04 bits per heavy atom. The van der Waals surface area contributed by atoms with Crippen LogP contribution >= 0.6 is 12.4 Å². The number of rotatable bonds is 5. The van der Waals surface area contributed by atoms with Gasteiger partial charge in [-0.3, -0.25) is 9.59 Å². The summed E-state index contributed by atoms with van der Waals surface area (Å²) in [6.07, 6.45) is 4.67. The normalized spacial score (nSPS) is 16.2. The number of aromatic nitrogens is 1. The highest BCUT2D eigenvalue weighted by molar-refractivity contribution is 5.92. The Kier molecular flexibility index (Phi) is 8.15. The molecule has 3 N–H and O–H groups in total. The number of halogens is 1. The van der Waals surface area contributed by atoms with Crippen molar-refractivity contribution in [1.82, 2.24) is 9.88 Å². The van der Waals surface area contributed by atoms with Gasteiger partial charge in [0, 0.05) is 25.2 Å². The van der Waals surface area contributed by atoms with Crippen LogP contribution in [0.1, 0.15) is 38.2 Å². The summed E-state index contributed by atoms with van der Waals surface area (Å²) in [4.78, 5) is 30.4. The lowest BCUT2D eigenvalue weighted by Crippen LogP contribution is -2.48. The number of anilines is 1. The van der Waals surface area contributed by atoms with Crippen LogP contribution in [0.4, 0.5) is 5.82 Å². The van der Waals surface area contributed by atoms with E-state index in [2.05, 4.69) is 10.3 Å². The number of hydrogen-bond acceptors (Lipinski definition) is 4. The number of piperidine rings is 1. The molecule has 0 aromatic carbocycles. The van der Waals surface area contributed by atoms with Crippen LogP contribution in [0, 0.1) is 12.8 Å². The SMILES string of the molecule is CCCC(N)C(=O)N1CCC(C(=O)Nc2ccc(C)cn2)CC1.Cl. The van der Waals surface area contributed by atoms with Crippen LogP contribution in [-0.4, -0.2) is 40.8 Å². The van der Waals surface area contributed by atoms with Crippen molar-refractivity contribution < 1.29 is 9.59 Å². The van der Waals surface area contributed by atoms with Crippen molar-refractivity contribution in [2.45, 2.75) is 45.6 Å². The Hall–Kier alpha value is -1.66. The molecule has 0 bridgehead atoms. The van der Waals surface area contributed by atoms with E-state index in [1.807, 2.05) is 19.9 Å². The van der Waals surface area contributed by atoms with Crippen molar-refractivity contribution in [2.24, 2.45) is 11.7 Å². The highest BCUT2D eigenvalue weighted by Gasteiger charge is 2.29. The molecule has 6 nitrogen and oxygen atoms in total. The molecule has 1 aliphatic rings. The first kappa shape index (κ1) is 20.4. The highest BCUT2D eigenvalue weighted by atomic mass is 35.5. The largest absolute Gasteiger partial charge is 0.341 e. The Morgan fingerprint density at radius 1 is 1.38 bits per heavy atom. The first-order valence-corrected chi connectivity index (χ1v) is 8.29. The molecule has 2 rings (SSSR count). The fraction of sp³-hybridized carbons (Fsp3) is 0.588. The number of aryl methyl sites for hydroxylation is 1. The number of likely N-dealkylation sites (tertiary alicyclic amines) is 1. The maximum Gasteiger partial charge on any atom is 0.239 e. The van der Waals surface area contributed by atoms with Gasteiger partial charge in [0.05, 0.1) is 6.04 Å². The molecule has 1 fully saturated rings. The van der Waals surface area contributed by atoms with Crippen LogP contribution < -0.4 is 11.1 Å². The zero-order valence-electron chi connectivity index (χ0n) is 14.3. The summed E-state index contributed by atoms with van der Waals surface area (Å²) < 4.78 is 0. The summed E-state index contributed by atoms with van der Waals surface area (Å²) in [5, 5.41) is 2.85. The minimum atomic E-state index is -0.415. The van der Waals surface area contributed by atoms with Crippen molar-refractivity contribution in [3.8, 4) is 0 Å². The number of nitrogens with one attached hydrogen (secondary N) is 1. The number of pyridine rings is 1. The molecule has 0 radical (unpaired) electrons. The van der Waals surface area contributed by atoms with E-state index in [0.717, 1.165) is 12.0 Å². The van der Waals surface area contributed by atoms with Crippen LogP contribution in [0.2, 0.25) is 0 Å². The quantitative estimate of drug-likeness (QED) is 0.847. The Morgan fingerprint density at radius 3 is 2.58 bits per heavy atom. The van der Waals surface area contributed by atoms with Gasteiger partial charge in [-0.05, 0) is 37.8 Å². The zero-order valence-corrected chi connectivity index (χ0v) is 15.1. The third-order valence-corrected chi connectivity index (χ3v) is 4.26. The fourth-order valence-electron chi connectivity index (χ4n) is 2.80. The predicted octanol–water partition coefficient (Wildman–Crippen LogP) is 2.12. The molecule has 0 spiro atoms. The van der Waals surface area contributed by atoms with Crippen LogP contribution in [0.15, 0.2) is 18.3 Å². The molecule has 1 aliphatic heterocycles. The summed E-state index contributed by atoms with van der Waals surface area (Å²) in [6, 6.07) is 3.30. The molecular formula is C17H27ClN4O2. The number of nitrogens with zero attached hydrogens (tertiary/aromatic N) is 2. The fourth-order valence-corrected chi connectivity index (χ4v) is 2.80. The van der Waals surface area contributed by atoms with Gasteiger partial charge in [-0.1, -0.05) is 19.4 Å². The Labute approximate surface area is 149 Å². The lowest BCUT2D eigenvalue weighted by Gasteiger charge is -2.32. The predicted molar refractivity (Wildman–Crippen MR) is 97.0 cm³/mol. The summed E-state index contributed by atoms with van der Waals surface area (Å²) >= 11 is 0. The smallest absolute Gasteiger partial charge is 0.239 e. The van der Waals surface area contributed by atoms with E-state index in [4.69, 9.17) is 5.73 Å². The van der Waals surface area contributed by atoms with Crippen LogP contribution in [0.25, 0.3) is 0 Å². The second-order valence-corrected chi connectivity index (χ2v) is 6.20. The molecular weight excluding hydrogens is 328 g/mol. The Balaban J connectivity index is 0.00000288. The average Bonchev–Trinajstić information content (AvgIpc) is 2.56. The summed E-state index contributed by atoms with van der Waals surface area (Å²) in [7, 11) is 0. The van der Waals surface area contributed by atoms with Crippen molar-refractivity contribution >= 4 is 30.0 Å². The molecule has 24 heavy (non-hydrogen) atoms. The molecule has 1 atom stereocenters. The van der Waals surface area contributed by atoms with E-state index >= 15 is 0 Å². The maximum absolute atomic E-state index is 12.3. The molecule has 7 heteroatoms. The summed E-state index contributed by atoms with van der Waals surface area (Å²) in [6.45, 7) is 5.16. The van der Waals surface area contributed by atoms with E-state index < -0.39 is 6.04 Å². The van der Waals surface area contributed by atoms with Crippen molar-refractivity contribution in [3.05, 3.63) is 23.9 Å². The average molecular weight is 355 g/mol. The van der Waals surface area contributed by atoms with Crippen molar-refractivity contribution in [3.63, 3.8) is 0 Å². The molecule has 1 saturated heterocycles. The number of hydrogen-bond donors (Lipinski definition) is 2. The molecule has 0 aliphatic carbocycles. The third-order valence-electron chi connectivity index (χ3n) is 4.26. The monoisotopic (exact) mass is 354 g/mol. The van der Waals surface area contributed by atoms with Gasteiger partial charge in [0.2, 0.25) is 11.8 Å². The molecule has 1 unspecified atom stereocenters. The highest BCUT2D eigenvalue weighted by Crippen LogP contribution is 2.20. The first-order valence-electron chi connectivity index (χ1n) is 8.29. The van der Waals surface area contributed by atoms with Gasteiger partial charge in [0.1, 0.15) is 5.82 Å². The topological polar surface area (TPSA) is 88.3 Å². The number of carbonyl (C=O) groups is 2. The molecule has 1 aromatic heterocycles. The lowest BCUT2D eigenvalue weighted by molar-refractivity contribution is -0.135. The van der Waals surface area contributed by atoms with Crippen LogP contribution in [0.3, 0.4) is 0 Å². The van der Waals surface area contributed by atoms with Crippen molar-refractivity contribution in [2.75, 3.05) is 18.4 Å². The van der Waals surface area contributed by atoms with Gasteiger partial charge in [0.15, 0.2) is 0 Å². The molecule has 0 saturated carbocycles. The minimum absolute atomic E-state index is 0. The van der Waals surface area contributed by atoms with Gasteiger partial charge < -0.3 is 16.0 Å². The van der Waals surface area contributed by atoms with Crippen molar-refractivity contribution in [1.29, 1.82) is 0 Å². The summed E-state index contributed by atoms with van der Waals surface area (Å²) in [5.74, 6) is 0.478. The molecule has 134 valence electrons. The van der Waals surface area contributed by atoms with E-state index in [-0.39, 0.29) is 30.1 Å². The standard InChI is InChI=1S/C17H26N4O2.ClH/c1-3-4-14(18)17(23)21-9-7-13(8-10-21)16(22)20-15-6-5-12(2)11-19-15;/h5-6,11,13-14H,3-4,7-10,18H2,1-2H3,(H,19,20,22);1H. The van der Waals surface area contributed by atoms with E-state index in [9.17, 15) is 9.59 Å². The van der Waals surface area contributed by atoms with Gasteiger partial charge in [-0.2, -0.15) is 0 Å². The van der Waals surface area contributed by atoms with E-state index in [1.54, 1.807) is 17.2 Å². The van der Waals surface area contributed by atoms with Crippen LogP contribution in [0.5, 0.6) is 0 Å². The zero-order chi connectivity index (χ0) is 16.8. The van der Waals surface area contributed by atoms with Gasteiger partial charge in [-0.15, -0.1) is 12.4 Å². The first-order chi connectivity index (χ1) is 11.0. The third kappa shape index (κ3) is 5.46.